The van der Waals surface area contributed by atoms with Crippen molar-refractivity contribution >= 4 is 17.7 Å². The van der Waals surface area contributed by atoms with Crippen LogP contribution in [0.1, 0.15) is 13.3 Å². The van der Waals surface area contributed by atoms with Gasteiger partial charge in [-0.25, -0.2) is 0 Å². The summed E-state index contributed by atoms with van der Waals surface area (Å²) in [5.41, 5.74) is 0. The second-order valence-corrected chi connectivity index (χ2v) is 3.79. The van der Waals surface area contributed by atoms with Gasteiger partial charge in [0.2, 0.25) is 0 Å². The SMILES string of the molecule is CCOC(=O)CC=CSc1ccccc1. The van der Waals surface area contributed by atoms with E-state index in [1.54, 1.807) is 18.7 Å². The van der Waals surface area contributed by atoms with Gasteiger partial charge in [0.1, 0.15) is 0 Å². The van der Waals surface area contributed by atoms with Crippen molar-refractivity contribution in [3.05, 3.63) is 41.8 Å². The first kappa shape index (κ1) is 11.9. The summed E-state index contributed by atoms with van der Waals surface area (Å²) in [4.78, 5) is 12.1. The Hall–Kier alpha value is -1.22. The standard InChI is InChI=1S/C12H14O2S/c1-2-14-12(13)9-6-10-15-11-7-4-3-5-8-11/h3-8,10H,2,9H2,1H3. The molecule has 0 radical (unpaired) electrons. The smallest absolute Gasteiger partial charge is 0.309 e. The molecule has 0 heterocycles. The first-order valence-corrected chi connectivity index (χ1v) is 5.73. The lowest BCUT2D eigenvalue weighted by Crippen LogP contribution is -2.01. The monoisotopic (exact) mass is 222 g/mol. The van der Waals surface area contributed by atoms with Crippen LogP contribution in [0.2, 0.25) is 0 Å². The minimum Gasteiger partial charge on any atom is -0.466 e. The molecule has 0 bridgehead atoms. The molecule has 0 saturated heterocycles. The zero-order valence-corrected chi connectivity index (χ0v) is 9.50. The maximum Gasteiger partial charge on any atom is 0.309 e. The van der Waals surface area contributed by atoms with E-state index in [0.717, 1.165) is 4.90 Å². The molecule has 1 aromatic rings. The number of benzene rings is 1. The minimum atomic E-state index is -0.178. The molecular weight excluding hydrogens is 208 g/mol. The van der Waals surface area contributed by atoms with Crippen LogP contribution in [0.25, 0.3) is 0 Å². The van der Waals surface area contributed by atoms with Gasteiger partial charge in [-0.3, -0.25) is 4.79 Å². The Morgan fingerprint density at radius 1 is 1.40 bits per heavy atom. The van der Waals surface area contributed by atoms with Crippen LogP contribution in [0, 0.1) is 0 Å². The number of thioether (sulfide) groups is 1. The van der Waals surface area contributed by atoms with Gasteiger partial charge in [-0.05, 0) is 24.5 Å². The molecule has 2 nitrogen and oxygen atoms in total. The van der Waals surface area contributed by atoms with Gasteiger partial charge in [0.25, 0.3) is 0 Å². The summed E-state index contributed by atoms with van der Waals surface area (Å²) in [5.74, 6) is -0.178. The van der Waals surface area contributed by atoms with Crippen LogP contribution in [-0.4, -0.2) is 12.6 Å². The Morgan fingerprint density at radius 2 is 2.13 bits per heavy atom. The van der Waals surface area contributed by atoms with Crippen molar-refractivity contribution < 1.29 is 9.53 Å². The lowest BCUT2D eigenvalue weighted by molar-refractivity contribution is -0.142. The molecule has 1 aromatic carbocycles. The Labute approximate surface area is 94.3 Å². The molecule has 0 saturated carbocycles. The summed E-state index contributed by atoms with van der Waals surface area (Å²) in [7, 11) is 0. The number of carbonyl (C=O) groups excluding carboxylic acids is 1. The first-order valence-electron chi connectivity index (χ1n) is 4.85. The minimum absolute atomic E-state index is 0.178. The third kappa shape index (κ3) is 5.27. The van der Waals surface area contributed by atoms with Gasteiger partial charge in [0.05, 0.1) is 13.0 Å². The largest absolute Gasteiger partial charge is 0.466 e. The highest BCUT2D eigenvalue weighted by Gasteiger charge is 1.95. The fraction of sp³-hybridized carbons (Fsp3) is 0.250. The normalized spacial score (nSPS) is 10.5. The summed E-state index contributed by atoms with van der Waals surface area (Å²) in [6.07, 6.45) is 2.16. The zero-order valence-electron chi connectivity index (χ0n) is 8.68. The highest BCUT2D eigenvalue weighted by molar-refractivity contribution is 8.02. The lowest BCUT2D eigenvalue weighted by atomic mass is 10.4. The molecule has 0 spiro atoms. The van der Waals surface area contributed by atoms with E-state index >= 15 is 0 Å². The van der Waals surface area contributed by atoms with Crippen molar-refractivity contribution in [2.45, 2.75) is 18.2 Å². The Morgan fingerprint density at radius 3 is 2.80 bits per heavy atom. The first-order chi connectivity index (χ1) is 7.33. The summed E-state index contributed by atoms with van der Waals surface area (Å²) in [5, 5.41) is 1.91. The number of rotatable bonds is 5. The van der Waals surface area contributed by atoms with E-state index in [-0.39, 0.29) is 5.97 Å². The predicted molar refractivity (Wildman–Crippen MR) is 62.7 cm³/mol. The second kappa shape index (κ2) is 7.12. The quantitative estimate of drug-likeness (QED) is 0.565. The molecule has 0 aliphatic rings. The summed E-state index contributed by atoms with van der Waals surface area (Å²) in [6, 6.07) is 10.0. The van der Waals surface area contributed by atoms with Crippen LogP contribution in [-0.2, 0) is 9.53 Å². The molecule has 0 atom stereocenters. The van der Waals surface area contributed by atoms with Crippen LogP contribution in [0.15, 0.2) is 46.7 Å². The van der Waals surface area contributed by atoms with Crippen molar-refractivity contribution in [3.8, 4) is 0 Å². The van der Waals surface area contributed by atoms with Gasteiger partial charge >= 0.3 is 5.97 Å². The summed E-state index contributed by atoms with van der Waals surface area (Å²) >= 11 is 1.59. The molecule has 1 rings (SSSR count). The molecule has 80 valence electrons. The van der Waals surface area contributed by atoms with Gasteiger partial charge in [-0.1, -0.05) is 36.0 Å². The van der Waals surface area contributed by atoms with E-state index in [2.05, 4.69) is 0 Å². The molecule has 0 aliphatic heterocycles. The average Bonchev–Trinajstić information content (AvgIpc) is 2.26. The zero-order chi connectivity index (χ0) is 10.9. The van der Waals surface area contributed by atoms with E-state index in [0.29, 0.717) is 13.0 Å². The highest BCUT2D eigenvalue weighted by Crippen LogP contribution is 2.18. The maximum absolute atomic E-state index is 11.0. The number of ether oxygens (including phenoxy) is 1. The average molecular weight is 222 g/mol. The third-order valence-electron chi connectivity index (χ3n) is 1.63. The van der Waals surface area contributed by atoms with Crippen LogP contribution in [0.5, 0.6) is 0 Å². The van der Waals surface area contributed by atoms with E-state index in [9.17, 15) is 4.79 Å². The molecule has 0 amide bonds. The van der Waals surface area contributed by atoms with E-state index in [1.165, 1.54) is 0 Å². The van der Waals surface area contributed by atoms with Crippen LogP contribution < -0.4 is 0 Å². The van der Waals surface area contributed by atoms with Crippen LogP contribution in [0.4, 0.5) is 0 Å². The Bertz CT molecular complexity index is 320. The van der Waals surface area contributed by atoms with Crippen molar-refractivity contribution in [2.24, 2.45) is 0 Å². The maximum atomic E-state index is 11.0. The molecule has 15 heavy (non-hydrogen) atoms. The van der Waals surface area contributed by atoms with Crippen molar-refractivity contribution in [1.82, 2.24) is 0 Å². The topological polar surface area (TPSA) is 26.3 Å². The van der Waals surface area contributed by atoms with Crippen LogP contribution in [0.3, 0.4) is 0 Å². The van der Waals surface area contributed by atoms with Gasteiger partial charge < -0.3 is 4.74 Å². The number of esters is 1. The fourth-order valence-electron chi connectivity index (χ4n) is 0.990. The van der Waals surface area contributed by atoms with Crippen molar-refractivity contribution in [2.75, 3.05) is 6.61 Å². The summed E-state index contributed by atoms with van der Waals surface area (Å²) in [6.45, 7) is 2.25. The van der Waals surface area contributed by atoms with Gasteiger partial charge in [-0.15, -0.1) is 0 Å². The number of carbonyl (C=O) groups is 1. The fourth-order valence-corrected chi connectivity index (χ4v) is 1.65. The molecule has 0 aromatic heterocycles. The molecule has 3 heteroatoms. The van der Waals surface area contributed by atoms with E-state index in [4.69, 9.17) is 4.74 Å². The molecule has 0 fully saturated rings. The molecule has 0 unspecified atom stereocenters. The van der Waals surface area contributed by atoms with Crippen molar-refractivity contribution in [1.29, 1.82) is 0 Å². The van der Waals surface area contributed by atoms with Gasteiger partial charge in [-0.2, -0.15) is 0 Å². The molecule has 0 N–H and O–H groups in total. The van der Waals surface area contributed by atoms with Gasteiger partial charge in [0, 0.05) is 4.90 Å². The molecule has 0 aliphatic carbocycles. The predicted octanol–water partition coefficient (Wildman–Crippen LogP) is 3.25. The highest BCUT2D eigenvalue weighted by atomic mass is 32.2. The third-order valence-corrected chi connectivity index (χ3v) is 2.51. The Kier molecular flexibility index (Phi) is 5.63. The molecular formula is C12H14O2S. The lowest BCUT2D eigenvalue weighted by Gasteiger charge is -1.96. The number of hydrogen-bond donors (Lipinski definition) is 0. The Balaban J connectivity index is 2.26. The van der Waals surface area contributed by atoms with Crippen LogP contribution >= 0.6 is 11.8 Å². The van der Waals surface area contributed by atoms with E-state index in [1.807, 2.05) is 41.8 Å². The van der Waals surface area contributed by atoms with Crippen molar-refractivity contribution in [3.63, 3.8) is 0 Å². The van der Waals surface area contributed by atoms with Gasteiger partial charge in [0.15, 0.2) is 0 Å². The second-order valence-electron chi connectivity index (χ2n) is 2.81. The summed E-state index contributed by atoms with van der Waals surface area (Å²) < 4.78 is 4.79. The number of hydrogen-bond acceptors (Lipinski definition) is 3. The van der Waals surface area contributed by atoms with E-state index < -0.39 is 0 Å².